The maximum atomic E-state index is 5.64. The molecule has 0 atom stereocenters. The average Bonchev–Trinajstić information content (AvgIpc) is 2.72. The van der Waals surface area contributed by atoms with Crippen molar-refractivity contribution < 1.29 is 14.2 Å². The van der Waals surface area contributed by atoms with E-state index in [-0.39, 0.29) is 24.0 Å². The van der Waals surface area contributed by atoms with Crippen LogP contribution >= 0.6 is 24.0 Å². The molecule has 0 aromatic heterocycles. The summed E-state index contributed by atoms with van der Waals surface area (Å²) >= 11 is 0. The van der Waals surface area contributed by atoms with E-state index in [2.05, 4.69) is 27.8 Å². The van der Waals surface area contributed by atoms with Crippen molar-refractivity contribution in [2.24, 2.45) is 4.99 Å². The first kappa shape index (κ1) is 22.1. The van der Waals surface area contributed by atoms with Crippen molar-refractivity contribution in [3.63, 3.8) is 0 Å². The maximum Gasteiger partial charge on any atom is 0.190 e. The number of nitrogens with one attached hydrogen (secondary N) is 2. The molecule has 0 bridgehead atoms. The molecule has 2 aromatic rings. The maximum absolute atomic E-state index is 5.64. The van der Waals surface area contributed by atoms with Gasteiger partial charge in [0.15, 0.2) is 17.5 Å². The zero-order valence-electron chi connectivity index (χ0n) is 16.4. The number of para-hydroxylation sites is 1. The molecule has 0 radical (unpaired) electrons. The van der Waals surface area contributed by atoms with Crippen LogP contribution in [0.25, 0.3) is 0 Å². The number of hydrogen-bond acceptors (Lipinski definition) is 4. The second kappa shape index (κ2) is 11.6. The Kier molecular flexibility index (Phi) is 9.19. The average molecular weight is 497 g/mol. The summed E-state index contributed by atoms with van der Waals surface area (Å²) < 4.78 is 16.6. The molecule has 0 unspecified atom stereocenters. The Morgan fingerprint density at radius 1 is 1.00 bits per heavy atom. The molecule has 2 aromatic carbocycles. The van der Waals surface area contributed by atoms with E-state index in [0.717, 1.165) is 49.1 Å². The van der Waals surface area contributed by atoms with E-state index >= 15 is 0 Å². The third kappa shape index (κ3) is 6.19. The van der Waals surface area contributed by atoms with Gasteiger partial charge in [0, 0.05) is 20.1 Å². The summed E-state index contributed by atoms with van der Waals surface area (Å²) in [6.45, 7) is 2.79. The van der Waals surface area contributed by atoms with E-state index in [4.69, 9.17) is 14.2 Å². The summed E-state index contributed by atoms with van der Waals surface area (Å²) in [5, 5.41) is 6.69. The fraction of sp³-hybridized carbons (Fsp3) is 0.381. The van der Waals surface area contributed by atoms with Gasteiger partial charge in [-0.3, -0.25) is 4.99 Å². The summed E-state index contributed by atoms with van der Waals surface area (Å²) in [4.78, 5) is 4.28. The lowest BCUT2D eigenvalue weighted by molar-refractivity contribution is 0.171. The van der Waals surface area contributed by atoms with Crippen LogP contribution in [0.5, 0.6) is 17.2 Å². The second-order valence-electron chi connectivity index (χ2n) is 6.22. The van der Waals surface area contributed by atoms with Gasteiger partial charge in [0.1, 0.15) is 19.0 Å². The third-order valence-corrected chi connectivity index (χ3v) is 4.42. The van der Waals surface area contributed by atoms with Crippen molar-refractivity contribution in [2.45, 2.75) is 12.8 Å². The highest BCUT2D eigenvalue weighted by Gasteiger charge is 2.11. The Morgan fingerprint density at radius 2 is 1.71 bits per heavy atom. The van der Waals surface area contributed by atoms with Crippen LogP contribution in [0, 0.1) is 0 Å². The first-order valence-electron chi connectivity index (χ1n) is 9.25. The number of ether oxygens (including phenoxy) is 3. The topological polar surface area (TPSA) is 64.1 Å². The van der Waals surface area contributed by atoms with E-state index in [1.54, 1.807) is 14.2 Å². The summed E-state index contributed by atoms with van der Waals surface area (Å²) in [5.41, 5.74) is 2.38. The molecule has 28 heavy (non-hydrogen) atoms. The molecule has 1 aliphatic rings. The number of aliphatic imine (C=N–C) groups is 1. The lowest BCUT2D eigenvalue weighted by atomic mass is 10.1. The van der Waals surface area contributed by atoms with Crippen molar-refractivity contribution in [1.82, 2.24) is 10.6 Å². The van der Waals surface area contributed by atoms with Gasteiger partial charge >= 0.3 is 0 Å². The quantitative estimate of drug-likeness (QED) is 0.350. The molecule has 1 aliphatic heterocycles. The number of guanidine groups is 1. The van der Waals surface area contributed by atoms with Crippen LogP contribution in [0.4, 0.5) is 0 Å². The minimum absolute atomic E-state index is 0. The first-order chi connectivity index (χ1) is 13.3. The lowest BCUT2D eigenvalue weighted by Gasteiger charge is -2.19. The molecule has 0 aliphatic carbocycles. The van der Waals surface area contributed by atoms with Gasteiger partial charge in [-0.1, -0.05) is 24.3 Å². The minimum atomic E-state index is 0. The number of rotatable bonds is 7. The van der Waals surface area contributed by atoms with Gasteiger partial charge in [-0.25, -0.2) is 0 Å². The first-order valence-corrected chi connectivity index (χ1v) is 9.25. The van der Waals surface area contributed by atoms with Crippen LogP contribution < -0.4 is 24.8 Å². The van der Waals surface area contributed by atoms with E-state index in [1.807, 2.05) is 30.3 Å². The van der Waals surface area contributed by atoms with Gasteiger partial charge in [0.05, 0.1) is 7.11 Å². The van der Waals surface area contributed by atoms with Crippen LogP contribution in [0.2, 0.25) is 0 Å². The normalized spacial score (nSPS) is 12.7. The largest absolute Gasteiger partial charge is 0.496 e. The number of nitrogens with zero attached hydrogens (tertiary/aromatic N) is 1. The van der Waals surface area contributed by atoms with Gasteiger partial charge in [0.25, 0.3) is 0 Å². The van der Waals surface area contributed by atoms with Crippen LogP contribution in [0.1, 0.15) is 11.1 Å². The Morgan fingerprint density at radius 3 is 2.46 bits per heavy atom. The molecular formula is C21H28IN3O3. The summed E-state index contributed by atoms with van der Waals surface area (Å²) in [6.07, 6.45) is 1.75. The lowest BCUT2D eigenvalue weighted by Crippen LogP contribution is -2.39. The molecule has 1 heterocycles. The van der Waals surface area contributed by atoms with Crippen molar-refractivity contribution in [1.29, 1.82) is 0 Å². The Bertz CT molecular complexity index is 783. The Labute approximate surface area is 183 Å². The fourth-order valence-corrected chi connectivity index (χ4v) is 3.01. The smallest absolute Gasteiger partial charge is 0.190 e. The molecule has 152 valence electrons. The molecule has 2 N–H and O–H groups in total. The predicted molar refractivity (Wildman–Crippen MR) is 123 cm³/mol. The number of hydrogen-bond donors (Lipinski definition) is 2. The van der Waals surface area contributed by atoms with E-state index in [9.17, 15) is 0 Å². The van der Waals surface area contributed by atoms with Crippen LogP contribution in [-0.4, -0.2) is 46.4 Å². The standard InChI is InChI=1S/C21H27N3O3.HI/c1-22-21(24-12-10-17-5-3-4-6-18(17)25-2)23-11-9-16-7-8-19-20(15-16)27-14-13-26-19;/h3-8,15H,9-14H2,1-2H3,(H2,22,23,24);1H. The van der Waals surface area contributed by atoms with Gasteiger partial charge in [0.2, 0.25) is 0 Å². The number of methoxy groups -OCH3 is 1. The molecule has 7 heteroatoms. The third-order valence-electron chi connectivity index (χ3n) is 4.42. The molecule has 0 saturated carbocycles. The molecule has 0 saturated heterocycles. The predicted octanol–water partition coefficient (Wildman–Crippen LogP) is 3.03. The van der Waals surface area contributed by atoms with Crippen molar-refractivity contribution in [3.8, 4) is 17.2 Å². The minimum Gasteiger partial charge on any atom is -0.496 e. The zero-order chi connectivity index (χ0) is 18.9. The van der Waals surface area contributed by atoms with Gasteiger partial charge < -0.3 is 24.8 Å². The number of benzene rings is 2. The van der Waals surface area contributed by atoms with E-state index < -0.39 is 0 Å². The van der Waals surface area contributed by atoms with Crippen LogP contribution in [0.15, 0.2) is 47.5 Å². The van der Waals surface area contributed by atoms with E-state index in [0.29, 0.717) is 13.2 Å². The van der Waals surface area contributed by atoms with Crippen LogP contribution in [-0.2, 0) is 12.8 Å². The highest BCUT2D eigenvalue weighted by Crippen LogP contribution is 2.30. The Balaban J connectivity index is 0.00000280. The van der Waals surface area contributed by atoms with E-state index in [1.165, 1.54) is 11.1 Å². The molecule has 0 spiro atoms. The summed E-state index contributed by atoms with van der Waals surface area (Å²) in [6, 6.07) is 14.2. The van der Waals surface area contributed by atoms with Crippen molar-refractivity contribution in [3.05, 3.63) is 53.6 Å². The molecule has 3 rings (SSSR count). The van der Waals surface area contributed by atoms with Gasteiger partial charge in [-0.05, 0) is 42.2 Å². The highest BCUT2D eigenvalue weighted by molar-refractivity contribution is 14.0. The van der Waals surface area contributed by atoms with Crippen LogP contribution in [0.3, 0.4) is 0 Å². The monoisotopic (exact) mass is 497 g/mol. The summed E-state index contributed by atoms with van der Waals surface area (Å²) in [5.74, 6) is 3.37. The Hall–Kier alpha value is -2.16. The molecule has 0 fully saturated rings. The van der Waals surface area contributed by atoms with Crippen molar-refractivity contribution in [2.75, 3.05) is 40.5 Å². The molecule has 0 amide bonds. The second-order valence-corrected chi connectivity index (χ2v) is 6.22. The molecular weight excluding hydrogens is 469 g/mol. The van der Waals surface area contributed by atoms with Gasteiger partial charge in [-0.2, -0.15) is 0 Å². The summed E-state index contributed by atoms with van der Waals surface area (Å²) in [7, 11) is 3.48. The van der Waals surface area contributed by atoms with Crippen molar-refractivity contribution >= 4 is 29.9 Å². The fourth-order valence-electron chi connectivity index (χ4n) is 3.01. The van der Waals surface area contributed by atoms with Gasteiger partial charge in [-0.15, -0.1) is 24.0 Å². The number of halogens is 1. The highest BCUT2D eigenvalue weighted by atomic mass is 127. The SMILES string of the molecule is CN=C(NCCc1ccc2c(c1)OCCO2)NCCc1ccccc1OC.I. The zero-order valence-corrected chi connectivity index (χ0v) is 18.7. The molecule has 6 nitrogen and oxygen atoms in total. The number of fused-ring (bicyclic) bond motifs is 1.